The van der Waals surface area contributed by atoms with E-state index in [9.17, 15) is 4.79 Å². The summed E-state index contributed by atoms with van der Waals surface area (Å²) >= 11 is 0. The molecule has 1 heterocycles. The highest BCUT2D eigenvalue weighted by atomic mass is 16.2. The molecule has 16 heavy (non-hydrogen) atoms. The lowest BCUT2D eigenvalue weighted by Crippen LogP contribution is -2.41. The van der Waals surface area contributed by atoms with Crippen molar-refractivity contribution in [3.63, 3.8) is 0 Å². The summed E-state index contributed by atoms with van der Waals surface area (Å²) in [4.78, 5) is 11.9. The number of amides is 1. The van der Waals surface area contributed by atoms with Gasteiger partial charge in [0.25, 0.3) is 0 Å². The lowest BCUT2D eigenvalue weighted by Gasteiger charge is -2.29. The number of hydrogen-bond donors (Lipinski definition) is 2. The van der Waals surface area contributed by atoms with E-state index in [0.717, 1.165) is 25.4 Å². The maximum absolute atomic E-state index is 11.9. The second-order valence-electron chi connectivity index (χ2n) is 5.32. The van der Waals surface area contributed by atoms with E-state index >= 15 is 0 Å². The SMILES string of the molecule is CCC1CCC(NC(=O)C2CCNC2)CC1. The van der Waals surface area contributed by atoms with Crippen molar-refractivity contribution in [3.8, 4) is 0 Å². The van der Waals surface area contributed by atoms with Gasteiger partial charge in [-0.2, -0.15) is 0 Å². The fourth-order valence-electron chi connectivity index (χ4n) is 2.91. The van der Waals surface area contributed by atoms with Crippen molar-refractivity contribution in [2.45, 2.75) is 51.5 Å². The van der Waals surface area contributed by atoms with Crippen LogP contribution in [0.15, 0.2) is 0 Å². The third-order valence-corrected chi connectivity index (χ3v) is 4.20. The Kier molecular flexibility index (Phi) is 4.22. The van der Waals surface area contributed by atoms with Gasteiger partial charge in [-0.05, 0) is 44.6 Å². The topological polar surface area (TPSA) is 41.1 Å². The largest absolute Gasteiger partial charge is 0.353 e. The maximum atomic E-state index is 11.9. The van der Waals surface area contributed by atoms with E-state index < -0.39 is 0 Å². The van der Waals surface area contributed by atoms with Gasteiger partial charge >= 0.3 is 0 Å². The van der Waals surface area contributed by atoms with Crippen LogP contribution in [0.4, 0.5) is 0 Å². The number of nitrogens with one attached hydrogen (secondary N) is 2. The van der Waals surface area contributed by atoms with Gasteiger partial charge in [-0.3, -0.25) is 4.79 Å². The summed E-state index contributed by atoms with van der Waals surface area (Å²) < 4.78 is 0. The van der Waals surface area contributed by atoms with Gasteiger partial charge in [0.15, 0.2) is 0 Å². The molecule has 1 aliphatic carbocycles. The molecule has 0 spiro atoms. The summed E-state index contributed by atoms with van der Waals surface area (Å²) in [7, 11) is 0. The van der Waals surface area contributed by atoms with E-state index in [1.807, 2.05) is 0 Å². The molecule has 3 nitrogen and oxygen atoms in total. The molecule has 0 radical (unpaired) electrons. The van der Waals surface area contributed by atoms with E-state index in [-0.39, 0.29) is 11.8 Å². The second kappa shape index (κ2) is 5.67. The minimum Gasteiger partial charge on any atom is -0.353 e. The summed E-state index contributed by atoms with van der Waals surface area (Å²) in [6.07, 6.45) is 7.27. The molecule has 3 heteroatoms. The minimum absolute atomic E-state index is 0.226. The Labute approximate surface area is 98.4 Å². The van der Waals surface area contributed by atoms with E-state index in [1.165, 1.54) is 32.1 Å². The molecule has 2 N–H and O–H groups in total. The molecule has 1 atom stereocenters. The quantitative estimate of drug-likeness (QED) is 0.766. The number of hydrogen-bond acceptors (Lipinski definition) is 2. The first-order valence-corrected chi connectivity index (χ1v) is 6.80. The Morgan fingerprint density at radius 2 is 2.00 bits per heavy atom. The van der Waals surface area contributed by atoms with Crippen LogP contribution in [0.5, 0.6) is 0 Å². The first-order chi connectivity index (χ1) is 7.79. The highest BCUT2D eigenvalue weighted by Crippen LogP contribution is 2.26. The van der Waals surface area contributed by atoms with Gasteiger partial charge in [0.05, 0.1) is 5.92 Å². The van der Waals surface area contributed by atoms with Gasteiger partial charge in [-0.25, -0.2) is 0 Å². The van der Waals surface area contributed by atoms with Crippen molar-refractivity contribution in [1.82, 2.24) is 10.6 Å². The van der Waals surface area contributed by atoms with Crippen molar-refractivity contribution in [2.24, 2.45) is 11.8 Å². The average Bonchev–Trinajstić information content (AvgIpc) is 2.83. The smallest absolute Gasteiger partial charge is 0.224 e. The zero-order valence-electron chi connectivity index (χ0n) is 10.3. The normalized spacial score (nSPS) is 34.9. The van der Waals surface area contributed by atoms with E-state index in [4.69, 9.17) is 0 Å². The van der Waals surface area contributed by atoms with Gasteiger partial charge in [0.1, 0.15) is 0 Å². The fourth-order valence-corrected chi connectivity index (χ4v) is 2.91. The van der Waals surface area contributed by atoms with Crippen molar-refractivity contribution < 1.29 is 4.79 Å². The van der Waals surface area contributed by atoms with Crippen LogP contribution in [0.1, 0.15) is 45.4 Å². The van der Waals surface area contributed by atoms with Crippen LogP contribution in [-0.4, -0.2) is 25.0 Å². The monoisotopic (exact) mass is 224 g/mol. The fraction of sp³-hybridized carbons (Fsp3) is 0.923. The van der Waals surface area contributed by atoms with Crippen LogP contribution in [0.25, 0.3) is 0 Å². The lowest BCUT2D eigenvalue weighted by atomic mass is 9.84. The van der Waals surface area contributed by atoms with Crippen LogP contribution in [0.2, 0.25) is 0 Å². The predicted molar refractivity (Wildman–Crippen MR) is 65.2 cm³/mol. The number of carbonyl (C=O) groups is 1. The Morgan fingerprint density at radius 1 is 1.25 bits per heavy atom. The molecule has 0 bridgehead atoms. The van der Waals surface area contributed by atoms with Crippen LogP contribution in [-0.2, 0) is 4.79 Å². The van der Waals surface area contributed by atoms with E-state index in [2.05, 4.69) is 17.6 Å². The summed E-state index contributed by atoms with van der Waals surface area (Å²) in [6, 6.07) is 0.455. The summed E-state index contributed by atoms with van der Waals surface area (Å²) in [6.45, 7) is 4.14. The molecule has 1 aliphatic heterocycles. The van der Waals surface area contributed by atoms with Crippen LogP contribution < -0.4 is 10.6 Å². The third-order valence-electron chi connectivity index (χ3n) is 4.20. The van der Waals surface area contributed by atoms with Gasteiger partial charge in [-0.1, -0.05) is 13.3 Å². The van der Waals surface area contributed by atoms with E-state index in [1.54, 1.807) is 0 Å². The molecule has 2 fully saturated rings. The molecule has 0 aromatic heterocycles. The molecule has 1 amide bonds. The van der Waals surface area contributed by atoms with Crippen molar-refractivity contribution >= 4 is 5.91 Å². The highest BCUT2D eigenvalue weighted by molar-refractivity contribution is 5.79. The molecule has 1 saturated carbocycles. The van der Waals surface area contributed by atoms with Crippen LogP contribution in [0, 0.1) is 11.8 Å². The molecule has 2 rings (SSSR count). The van der Waals surface area contributed by atoms with Crippen molar-refractivity contribution in [3.05, 3.63) is 0 Å². The zero-order chi connectivity index (χ0) is 11.4. The molecule has 0 aromatic carbocycles. The molecule has 0 aromatic rings. The molecular formula is C13H24N2O. The predicted octanol–water partition coefficient (Wildman–Crippen LogP) is 1.68. The minimum atomic E-state index is 0.226. The van der Waals surface area contributed by atoms with Gasteiger partial charge in [0.2, 0.25) is 5.91 Å². The van der Waals surface area contributed by atoms with Gasteiger partial charge in [0, 0.05) is 12.6 Å². The number of carbonyl (C=O) groups excluding carboxylic acids is 1. The summed E-state index contributed by atoms with van der Waals surface area (Å²) in [5.74, 6) is 1.41. The maximum Gasteiger partial charge on any atom is 0.224 e. The Hall–Kier alpha value is -0.570. The van der Waals surface area contributed by atoms with E-state index in [0.29, 0.717) is 6.04 Å². The Bertz CT molecular complexity index is 228. The zero-order valence-corrected chi connectivity index (χ0v) is 10.3. The van der Waals surface area contributed by atoms with Gasteiger partial charge in [-0.15, -0.1) is 0 Å². The van der Waals surface area contributed by atoms with Crippen LogP contribution in [0.3, 0.4) is 0 Å². The summed E-state index contributed by atoms with van der Waals surface area (Å²) in [5, 5.41) is 6.47. The lowest BCUT2D eigenvalue weighted by molar-refractivity contribution is -0.125. The third kappa shape index (κ3) is 2.97. The average molecular weight is 224 g/mol. The van der Waals surface area contributed by atoms with Crippen LogP contribution >= 0.6 is 0 Å². The van der Waals surface area contributed by atoms with Gasteiger partial charge < -0.3 is 10.6 Å². The molecule has 2 aliphatic rings. The molecular weight excluding hydrogens is 200 g/mol. The summed E-state index contributed by atoms with van der Waals surface area (Å²) in [5.41, 5.74) is 0. The molecule has 1 saturated heterocycles. The first-order valence-electron chi connectivity index (χ1n) is 6.80. The van der Waals surface area contributed by atoms with Crippen molar-refractivity contribution in [2.75, 3.05) is 13.1 Å². The van der Waals surface area contributed by atoms with Crippen molar-refractivity contribution in [1.29, 1.82) is 0 Å². The standard InChI is InChI=1S/C13H24N2O/c1-2-10-3-5-12(6-4-10)15-13(16)11-7-8-14-9-11/h10-12,14H,2-9H2,1H3,(H,15,16). The Morgan fingerprint density at radius 3 is 2.56 bits per heavy atom. The molecule has 92 valence electrons. The highest BCUT2D eigenvalue weighted by Gasteiger charge is 2.26. The Balaban J connectivity index is 1.71. The number of rotatable bonds is 3. The molecule has 1 unspecified atom stereocenters. The first kappa shape index (κ1) is 11.9. The second-order valence-corrected chi connectivity index (χ2v) is 5.32.